The molecule has 1 N–H and O–H groups in total. The Morgan fingerprint density at radius 3 is 2.61 bits per heavy atom. The Kier molecular flexibility index (Phi) is 3.90. The van der Waals surface area contributed by atoms with Crippen molar-refractivity contribution in [1.82, 2.24) is 10.3 Å². The molecule has 0 bridgehead atoms. The number of nitrogens with zero attached hydrogens (tertiary/aromatic N) is 1. The molecule has 0 atom stereocenters. The van der Waals surface area contributed by atoms with Gasteiger partial charge in [-0.05, 0) is 43.1 Å². The van der Waals surface area contributed by atoms with Crippen LogP contribution in [0.4, 0.5) is 0 Å². The first-order valence-electron chi connectivity index (χ1n) is 8.30. The highest BCUT2D eigenvalue weighted by molar-refractivity contribution is 6.06. The quantitative estimate of drug-likeness (QED) is 0.927. The van der Waals surface area contributed by atoms with Crippen LogP contribution >= 0.6 is 0 Å². The Hall–Kier alpha value is -1.91. The van der Waals surface area contributed by atoms with Crippen LogP contribution in [0.25, 0.3) is 0 Å². The van der Waals surface area contributed by atoms with Crippen LogP contribution in [0.1, 0.15) is 77.9 Å². The monoisotopic (exact) mass is 316 g/mol. The van der Waals surface area contributed by atoms with E-state index in [1.807, 2.05) is 6.92 Å². The van der Waals surface area contributed by atoms with Crippen molar-refractivity contribution >= 4 is 11.7 Å². The number of carbonyl (C=O) groups excluding carboxylic acids is 2. The average Bonchev–Trinajstić information content (AvgIpc) is 3.28. The summed E-state index contributed by atoms with van der Waals surface area (Å²) in [7, 11) is 1.53. The lowest BCUT2D eigenvalue weighted by Crippen LogP contribution is -2.32. The van der Waals surface area contributed by atoms with Gasteiger partial charge in [-0.1, -0.05) is 13.8 Å². The van der Waals surface area contributed by atoms with Gasteiger partial charge in [-0.2, -0.15) is 0 Å². The van der Waals surface area contributed by atoms with E-state index in [1.54, 1.807) is 0 Å². The highest BCUT2D eigenvalue weighted by Gasteiger charge is 2.41. The summed E-state index contributed by atoms with van der Waals surface area (Å²) in [6.45, 7) is 6.57. The summed E-state index contributed by atoms with van der Waals surface area (Å²) < 4.78 is 5.42. The summed E-state index contributed by atoms with van der Waals surface area (Å²) in [6, 6.07) is 0. The molecular weight excluding hydrogens is 292 g/mol. The number of amides is 1. The smallest absolute Gasteiger partial charge is 0.257 e. The molecule has 5 nitrogen and oxygen atoms in total. The van der Waals surface area contributed by atoms with Gasteiger partial charge in [0.1, 0.15) is 5.56 Å². The van der Waals surface area contributed by atoms with E-state index in [2.05, 4.69) is 24.1 Å². The number of nitrogens with one attached hydrogen (secondary N) is 1. The van der Waals surface area contributed by atoms with E-state index in [4.69, 9.17) is 4.74 Å². The number of aromatic nitrogens is 1. The summed E-state index contributed by atoms with van der Waals surface area (Å²) in [5.74, 6) is 0.545. The number of pyridine rings is 1. The van der Waals surface area contributed by atoms with Crippen molar-refractivity contribution in [1.29, 1.82) is 0 Å². The SMILES string of the molecule is CCNC(=O)c1c(OC)nc2c(c1C1CC1)C(=O)CC(C)(C)C2. The predicted octanol–water partition coefficient (Wildman–Crippen LogP) is 2.87. The van der Waals surface area contributed by atoms with Gasteiger partial charge in [-0.25, -0.2) is 4.98 Å². The molecule has 5 heteroatoms. The van der Waals surface area contributed by atoms with Gasteiger partial charge in [-0.15, -0.1) is 0 Å². The molecule has 124 valence electrons. The maximum absolute atomic E-state index is 12.8. The first-order chi connectivity index (χ1) is 10.9. The molecule has 23 heavy (non-hydrogen) atoms. The minimum Gasteiger partial charge on any atom is -0.480 e. The van der Waals surface area contributed by atoms with Crippen LogP contribution < -0.4 is 10.1 Å². The van der Waals surface area contributed by atoms with Gasteiger partial charge < -0.3 is 10.1 Å². The lowest BCUT2D eigenvalue weighted by Gasteiger charge is -2.31. The Labute approximate surface area is 136 Å². The zero-order chi connectivity index (χ0) is 16.8. The van der Waals surface area contributed by atoms with E-state index in [9.17, 15) is 9.59 Å². The zero-order valence-corrected chi connectivity index (χ0v) is 14.3. The highest BCUT2D eigenvalue weighted by Crippen LogP contribution is 2.48. The summed E-state index contributed by atoms with van der Waals surface area (Å²) >= 11 is 0. The fourth-order valence-corrected chi connectivity index (χ4v) is 3.50. The van der Waals surface area contributed by atoms with E-state index in [0.29, 0.717) is 30.0 Å². The molecule has 0 saturated heterocycles. The molecule has 1 saturated carbocycles. The first kappa shape index (κ1) is 16.0. The number of hydrogen-bond donors (Lipinski definition) is 1. The molecule has 1 aromatic heterocycles. The van der Waals surface area contributed by atoms with Gasteiger partial charge in [0, 0.05) is 18.5 Å². The maximum Gasteiger partial charge on any atom is 0.257 e. The third-order valence-electron chi connectivity index (χ3n) is 4.58. The zero-order valence-electron chi connectivity index (χ0n) is 14.3. The molecule has 0 unspecified atom stereocenters. The summed E-state index contributed by atoms with van der Waals surface area (Å²) in [5.41, 5.74) is 2.71. The van der Waals surface area contributed by atoms with Crippen LogP contribution in [0.5, 0.6) is 5.88 Å². The van der Waals surface area contributed by atoms with Crippen LogP contribution in [-0.2, 0) is 6.42 Å². The second kappa shape index (κ2) is 5.62. The number of fused-ring (bicyclic) bond motifs is 1. The number of rotatable bonds is 4. The first-order valence-corrected chi connectivity index (χ1v) is 8.30. The second-order valence-electron chi connectivity index (χ2n) is 7.31. The average molecular weight is 316 g/mol. The number of hydrogen-bond acceptors (Lipinski definition) is 4. The number of carbonyl (C=O) groups is 2. The van der Waals surface area contributed by atoms with Gasteiger partial charge in [0.2, 0.25) is 5.88 Å². The van der Waals surface area contributed by atoms with Crippen molar-refractivity contribution < 1.29 is 14.3 Å². The second-order valence-corrected chi connectivity index (χ2v) is 7.31. The van der Waals surface area contributed by atoms with Crippen molar-refractivity contribution in [3.8, 4) is 5.88 Å². The van der Waals surface area contributed by atoms with Crippen LogP contribution in [-0.4, -0.2) is 30.3 Å². The van der Waals surface area contributed by atoms with Crippen LogP contribution in [0.3, 0.4) is 0 Å². The van der Waals surface area contributed by atoms with Gasteiger partial charge in [0.25, 0.3) is 5.91 Å². The van der Waals surface area contributed by atoms with Crippen molar-refractivity contribution in [2.75, 3.05) is 13.7 Å². The molecule has 3 rings (SSSR count). The molecular formula is C18H24N2O3. The Bertz CT molecular complexity index is 675. The Balaban J connectivity index is 2.23. The van der Waals surface area contributed by atoms with Crippen LogP contribution in [0.2, 0.25) is 0 Å². The number of Topliss-reactive ketones (excluding diaryl/α,β-unsaturated/α-hetero) is 1. The summed E-state index contributed by atoms with van der Waals surface area (Å²) in [6.07, 6.45) is 3.27. The molecule has 1 heterocycles. The molecule has 1 fully saturated rings. The van der Waals surface area contributed by atoms with E-state index in [0.717, 1.165) is 30.5 Å². The summed E-state index contributed by atoms with van der Waals surface area (Å²) in [4.78, 5) is 29.9. The van der Waals surface area contributed by atoms with Crippen LogP contribution in [0, 0.1) is 5.41 Å². The standard InChI is InChI=1S/C18H24N2O3/c1-5-19-16(22)15-13(10-6-7-10)14-11(20-17(15)23-4)8-18(2,3)9-12(14)21/h10H,5-9H2,1-4H3,(H,19,22). The molecule has 1 aromatic rings. The minimum atomic E-state index is -0.195. The van der Waals surface area contributed by atoms with Crippen LogP contribution in [0.15, 0.2) is 0 Å². The van der Waals surface area contributed by atoms with Crippen molar-refractivity contribution in [2.24, 2.45) is 5.41 Å². The predicted molar refractivity (Wildman–Crippen MR) is 87.2 cm³/mol. The van der Waals surface area contributed by atoms with Gasteiger partial charge in [-0.3, -0.25) is 9.59 Å². The fraction of sp³-hybridized carbons (Fsp3) is 0.611. The van der Waals surface area contributed by atoms with Gasteiger partial charge in [0.15, 0.2) is 5.78 Å². The molecule has 0 radical (unpaired) electrons. The number of ether oxygens (including phenoxy) is 1. The lowest BCUT2D eigenvalue weighted by molar-refractivity contribution is 0.0908. The largest absolute Gasteiger partial charge is 0.480 e. The fourth-order valence-electron chi connectivity index (χ4n) is 3.50. The van der Waals surface area contributed by atoms with Gasteiger partial charge >= 0.3 is 0 Å². The topological polar surface area (TPSA) is 68.3 Å². The van der Waals surface area contributed by atoms with E-state index in [1.165, 1.54) is 7.11 Å². The van der Waals surface area contributed by atoms with Crippen molar-refractivity contribution in [2.45, 2.75) is 52.4 Å². The molecule has 2 aliphatic rings. The van der Waals surface area contributed by atoms with Gasteiger partial charge in [0.05, 0.1) is 12.8 Å². The molecule has 0 aliphatic heterocycles. The minimum absolute atomic E-state index is 0.101. The van der Waals surface area contributed by atoms with E-state index >= 15 is 0 Å². The van der Waals surface area contributed by atoms with Crippen molar-refractivity contribution in [3.05, 3.63) is 22.4 Å². The number of ketones is 1. The molecule has 0 aromatic carbocycles. The number of methoxy groups -OCH3 is 1. The molecule has 1 amide bonds. The Morgan fingerprint density at radius 2 is 2.04 bits per heavy atom. The third kappa shape index (κ3) is 2.84. The highest BCUT2D eigenvalue weighted by atomic mass is 16.5. The summed E-state index contributed by atoms with van der Waals surface area (Å²) in [5, 5.41) is 2.83. The normalized spacial score (nSPS) is 19.2. The third-order valence-corrected chi connectivity index (χ3v) is 4.58. The Morgan fingerprint density at radius 1 is 1.35 bits per heavy atom. The maximum atomic E-state index is 12.8. The van der Waals surface area contributed by atoms with E-state index in [-0.39, 0.29) is 23.0 Å². The van der Waals surface area contributed by atoms with E-state index < -0.39 is 0 Å². The lowest BCUT2D eigenvalue weighted by atomic mass is 9.73. The van der Waals surface area contributed by atoms with Crippen molar-refractivity contribution in [3.63, 3.8) is 0 Å². The molecule has 2 aliphatic carbocycles. The molecule has 0 spiro atoms.